The van der Waals surface area contributed by atoms with Crippen molar-refractivity contribution in [2.24, 2.45) is 0 Å². The summed E-state index contributed by atoms with van der Waals surface area (Å²) >= 11 is 0. The van der Waals surface area contributed by atoms with Crippen LogP contribution in [0.25, 0.3) is 11.0 Å². The van der Waals surface area contributed by atoms with Crippen LogP contribution in [0.5, 0.6) is 5.75 Å². The zero-order valence-corrected chi connectivity index (χ0v) is 19.6. The van der Waals surface area contributed by atoms with Crippen LogP contribution < -0.4 is 10.1 Å². The number of nitrogens with one attached hydrogen (secondary N) is 1. The molecular weight excluding hydrogens is 398 g/mol. The summed E-state index contributed by atoms with van der Waals surface area (Å²) in [7, 11) is 0. The number of benzene rings is 2. The monoisotopic (exact) mass is 433 g/mol. The lowest BCUT2D eigenvalue weighted by Crippen LogP contribution is -2.21. The fraction of sp³-hybridized carbons (Fsp3) is 0.407. The number of para-hydroxylation sites is 2. The van der Waals surface area contributed by atoms with Crippen molar-refractivity contribution in [1.29, 1.82) is 0 Å². The highest BCUT2D eigenvalue weighted by Crippen LogP contribution is 2.21. The van der Waals surface area contributed by atoms with Gasteiger partial charge < -0.3 is 14.6 Å². The topological polar surface area (TPSA) is 56.2 Å². The number of imidazole rings is 1. The highest BCUT2D eigenvalue weighted by Gasteiger charge is 2.10. The largest absolute Gasteiger partial charge is 0.493 e. The number of aromatic nitrogens is 2. The molecule has 32 heavy (non-hydrogen) atoms. The smallest absolute Gasteiger partial charge is 0.243 e. The molecule has 3 aromatic rings. The van der Waals surface area contributed by atoms with Crippen LogP contribution in [0.2, 0.25) is 0 Å². The molecule has 0 aliphatic heterocycles. The predicted molar refractivity (Wildman–Crippen MR) is 131 cm³/mol. The molecule has 0 fully saturated rings. The molecule has 1 heterocycles. The summed E-state index contributed by atoms with van der Waals surface area (Å²) in [4.78, 5) is 16.4. The summed E-state index contributed by atoms with van der Waals surface area (Å²) in [5, 5.41) is 2.91. The number of carbonyl (C=O) groups is 1. The Morgan fingerprint density at radius 3 is 2.78 bits per heavy atom. The van der Waals surface area contributed by atoms with Crippen LogP contribution in [0, 0.1) is 13.8 Å². The third-order valence-corrected chi connectivity index (χ3v) is 5.56. The van der Waals surface area contributed by atoms with Crippen LogP contribution in [-0.4, -0.2) is 28.6 Å². The first-order valence-corrected chi connectivity index (χ1v) is 11.6. The Labute approximate surface area is 191 Å². The van der Waals surface area contributed by atoms with Crippen molar-refractivity contribution in [2.45, 2.75) is 59.4 Å². The number of unbranched alkanes of at least 4 members (excludes halogenated alkanes) is 2. The van der Waals surface area contributed by atoms with Gasteiger partial charge in [-0.15, -0.1) is 0 Å². The Morgan fingerprint density at radius 1 is 1.09 bits per heavy atom. The molecule has 0 atom stereocenters. The second kappa shape index (κ2) is 12.1. The van der Waals surface area contributed by atoms with Crippen LogP contribution in [-0.2, 0) is 17.8 Å². The van der Waals surface area contributed by atoms with Gasteiger partial charge in [0, 0.05) is 19.5 Å². The van der Waals surface area contributed by atoms with E-state index in [4.69, 9.17) is 9.72 Å². The molecule has 0 radical (unpaired) electrons. The number of fused-ring (bicyclic) bond motifs is 1. The van der Waals surface area contributed by atoms with Crippen molar-refractivity contribution in [3.8, 4) is 5.75 Å². The SMILES string of the molecule is C/C=C/C(=O)NCCCCCc1nc2ccccc2n1CCCOc1cc(C)ccc1C. The number of ether oxygens (including phenoxy) is 1. The Morgan fingerprint density at radius 2 is 1.94 bits per heavy atom. The minimum atomic E-state index is -0.0163. The van der Waals surface area contributed by atoms with E-state index in [0.29, 0.717) is 6.61 Å². The van der Waals surface area contributed by atoms with Crippen molar-refractivity contribution in [3.05, 3.63) is 71.6 Å². The predicted octanol–water partition coefficient (Wildman–Crippen LogP) is 5.53. The molecule has 0 aliphatic rings. The van der Waals surface area contributed by atoms with E-state index in [1.807, 2.05) is 13.0 Å². The third kappa shape index (κ3) is 6.71. The van der Waals surface area contributed by atoms with Crippen molar-refractivity contribution in [2.75, 3.05) is 13.2 Å². The summed E-state index contributed by atoms with van der Waals surface area (Å²) in [6, 6.07) is 14.7. The van der Waals surface area contributed by atoms with Crippen LogP contribution in [0.3, 0.4) is 0 Å². The summed E-state index contributed by atoms with van der Waals surface area (Å²) in [6.45, 7) is 8.31. The van der Waals surface area contributed by atoms with E-state index < -0.39 is 0 Å². The van der Waals surface area contributed by atoms with Gasteiger partial charge in [-0.05, 0) is 75.4 Å². The highest BCUT2D eigenvalue weighted by atomic mass is 16.5. The minimum absolute atomic E-state index is 0.0163. The van der Waals surface area contributed by atoms with Gasteiger partial charge in [0.05, 0.1) is 17.6 Å². The van der Waals surface area contributed by atoms with Gasteiger partial charge in [0.2, 0.25) is 5.91 Å². The second-order valence-corrected chi connectivity index (χ2v) is 8.24. The fourth-order valence-electron chi connectivity index (χ4n) is 3.84. The summed E-state index contributed by atoms with van der Waals surface area (Å²) in [5.74, 6) is 2.09. The van der Waals surface area contributed by atoms with Gasteiger partial charge in [0.1, 0.15) is 11.6 Å². The van der Waals surface area contributed by atoms with Crippen LogP contribution in [0.4, 0.5) is 0 Å². The number of hydrogen-bond acceptors (Lipinski definition) is 3. The molecule has 1 aromatic heterocycles. The van der Waals surface area contributed by atoms with Crippen LogP contribution >= 0.6 is 0 Å². The molecule has 1 N–H and O–H groups in total. The maximum absolute atomic E-state index is 11.5. The van der Waals surface area contributed by atoms with E-state index >= 15 is 0 Å². The molecule has 5 heteroatoms. The van der Waals surface area contributed by atoms with Crippen molar-refractivity contribution in [3.63, 3.8) is 0 Å². The maximum Gasteiger partial charge on any atom is 0.243 e. The first kappa shape index (κ1) is 23.6. The normalized spacial score (nSPS) is 11.3. The van der Waals surface area contributed by atoms with Gasteiger partial charge in [0.15, 0.2) is 0 Å². The van der Waals surface area contributed by atoms with E-state index in [1.54, 1.807) is 12.2 Å². The van der Waals surface area contributed by atoms with Crippen LogP contribution in [0.1, 0.15) is 49.6 Å². The van der Waals surface area contributed by atoms with Crippen molar-refractivity contribution < 1.29 is 9.53 Å². The fourth-order valence-corrected chi connectivity index (χ4v) is 3.84. The average molecular weight is 434 g/mol. The molecule has 2 aromatic carbocycles. The van der Waals surface area contributed by atoms with Gasteiger partial charge in [-0.3, -0.25) is 4.79 Å². The van der Waals surface area contributed by atoms with E-state index in [1.165, 1.54) is 16.6 Å². The third-order valence-electron chi connectivity index (χ3n) is 5.56. The van der Waals surface area contributed by atoms with Gasteiger partial charge >= 0.3 is 0 Å². The first-order chi connectivity index (χ1) is 15.6. The number of amides is 1. The zero-order valence-electron chi connectivity index (χ0n) is 19.6. The first-order valence-electron chi connectivity index (χ1n) is 11.6. The summed E-state index contributed by atoms with van der Waals surface area (Å²) < 4.78 is 8.40. The lowest BCUT2D eigenvalue weighted by molar-refractivity contribution is -0.116. The number of hydrogen-bond donors (Lipinski definition) is 1. The number of nitrogens with zero attached hydrogens (tertiary/aromatic N) is 2. The maximum atomic E-state index is 11.5. The quantitative estimate of drug-likeness (QED) is 0.302. The molecule has 0 saturated heterocycles. The van der Waals surface area contributed by atoms with E-state index in [0.717, 1.165) is 62.3 Å². The lowest BCUT2D eigenvalue weighted by atomic mass is 10.1. The summed E-state index contributed by atoms with van der Waals surface area (Å²) in [5.41, 5.74) is 4.63. The standard InChI is InChI=1S/C27H35N3O2/c1-4-11-27(31)28-17-9-5-6-14-26-29-23-12-7-8-13-24(23)30(26)18-10-19-32-25-20-21(2)15-16-22(25)3/h4,7-8,11-13,15-16,20H,5-6,9-10,14,17-19H2,1-3H3,(H,28,31)/b11-4+. The second-order valence-electron chi connectivity index (χ2n) is 8.24. The van der Waals surface area contributed by atoms with Crippen molar-refractivity contribution >= 4 is 16.9 Å². The lowest BCUT2D eigenvalue weighted by Gasteiger charge is -2.12. The number of allylic oxidation sites excluding steroid dienone is 1. The molecule has 0 spiro atoms. The van der Waals surface area contributed by atoms with Crippen LogP contribution in [0.15, 0.2) is 54.6 Å². The van der Waals surface area contributed by atoms with E-state index in [9.17, 15) is 4.79 Å². The molecule has 0 saturated carbocycles. The molecular formula is C27H35N3O2. The Balaban J connectivity index is 1.52. The number of rotatable bonds is 12. The van der Waals surface area contributed by atoms with Crippen molar-refractivity contribution in [1.82, 2.24) is 14.9 Å². The minimum Gasteiger partial charge on any atom is -0.493 e. The Hall–Kier alpha value is -3.08. The molecule has 0 unspecified atom stereocenters. The average Bonchev–Trinajstić information content (AvgIpc) is 3.13. The highest BCUT2D eigenvalue weighted by molar-refractivity contribution is 5.87. The number of aryl methyl sites for hydroxylation is 4. The number of carbonyl (C=O) groups excluding carboxylic acids is 1. The Kier molecular flexibility index (Phi) is 8.90. The molecule has 1 amide bonds. The van der Waals surface area contributed by atoms with Gasteiger partial charge in [-0.25, -0.2) is 4.98 Å². The van der Waals surface area contributed by atoms with E-state index in [-0.39, 0.29) is 5.91 Å². The Bertz CT molecular complexity index is 1050. The van der Waals surface area contributed by atoms with E-state index in [2.05, 4.69) is 60.1 Å². The van der Waals surface area contributed by atoms with Gasteiger partial charge in [-0.2, -0.15) is 0 Å². The van der Waals surface area contributed by atoms with Gasteiger partial charge in [-0.1, -0.05) is 36.8 Å². The van der Waals surface area contributed by atoms with Gasteiger partial charge in [0.25, 0.3) is 0 Å². The molecule has 0 bridgehead atoms. The molecule has 0 aliphatic carbocycles. The molecule has 170 valence electrons. The molecule has 3 rings (SSSR count). The molecule has 5 nitrogen and oxygen atoms in total. The summed E-state index contributed by atoms with van der Waals surface area (Å²) in [6.07, 6.45) is 8.29. The zero-order chi connectivity index (χ0) is 22.8.